The van der Waals surface area contributed by atoms with Crippen LogP contribution in [0.3, 0.4) is 0 Å². The Bertz CT molecular complexity index is 150. The molecular formula is C9H17NO. The molecule has 11 heavy (non-hydrogen) atoms. The molecule has 64 valence electrons. The molecule has 0 heterocycles. The van der Waals surface area contributed by atoms with E-state index in [0.717, 1.165) is 12.0 Å². The predicted octanol–water partition coefficient (Wildman–Crippen LogP) is 1.65. The summed E-state index contributed by atoms with van der Waals surface area (Å²) < 4.78 is 0. The molecule has 0 aromatic rings. The molecule has 2 nitrogen and oxygen atoms in total. The first kappa shape index (κ1) is 10.4. The molecule has 0 rings (SSSR count). The van der Waals surface area contributed by atoms with Crippen LogP contribution in [0, 0.1) is 0 Å². The number of hydrogen-bond donors (Lipinski definition) is 1. The Morgan fingerprint density at radius 2 is 2.09 bits per heavy atom. The van der Waals surface area contributed by atoms with Crippen LogP contribution in [-0.2, 0) is 4.79 Å². The molecule has 0 aromatic carbocycles. The van der Waals surface area contributed by atoms with Crippen molar-refractivity contribution >= 4 is 5.78 Å². The molecule has 0 saturated heterocycles. The summed E-state index contributed by atoms with van der Waals surface area (Å²) in [6.45, 7) is 7.50. The molecule has 0 aliphatic rings. The van der Waals surface area contributed by atoms with Crippen molar-refractivity contribution in [3.63, 3.8) is 0 Å². The Labute approximate surface area is 68.5 Å². The fraction of sp³-hybridized carbons (Fsp3) is 0.667. The highest BCUT2D eigenvalue weighted by molar-refractivity contribution is 5.79. The summed E-state index contributed by atoms with van der Waals surface area (Å²) in [4.78, 5) is 11.0. The Morgan fingerprint density at radius 3 is 2.45 bits per heavy atom. The molecule has 0 amide bonds. The lowest BCUT2D eigenvalue weighted by molar-refractivity contribution is -0.119. The van der Waals surface area contributed by atoms with E-state index >= 15 is 0 Å². The van der Waals surface area contributed by atoms with E-state index in [4.69, 9.17) is 5.73 Å². The minimum Gasteiger partial charge on any atom is -0.328 e. The Hall–Kier alpha value is -0.630. The SMILES string of the molecule is C=C(C)CCC(=O)CC(C)N. The summed E-state index contributed by atoms with van der Waals surface area (Å²) >= 11 is 0. The fourth-order valence-corrected chi connectivity index (χ4v) is 0.814. The van der Waals surface area contributed by atoms with Gasteiger partial charge in [0.1, 0.15) is 5.78 Å². The molecule has 0 aromatic heterocycles. The molecule has 0 spiro atoms. The largest absolute Gasteiger partial charge is 0.328 e. The highest BCUT2D eigenvalue weighted by Gasteiger charge is 2.04. The van der Waals surface area contributed by atoms with Crippen molar-refractivity contribution in [3.8, 4) is 0 Å². The number of hydrogen-bond acceptors (Lipinski definition) is 2. The number of Topliss-reactive ketones (excluding diaryl/α,β-unsaturated/α-hetero) is 1. The maximum atomic E-state index is 11.0. The van der Waals surface area contributed by atoms with Gasteiger partial charge in [-0.25, -0.2) is 0 Å². The second kappa shape index (κ2) is 5.08. The van der Waals surface area contributed by atoms with Crippen molar-refractivity contribution in [3.05, 3.63) is 12.2 Å². The van der Waals surface area contributed by atoms with Gasteiger partial charge in [-0.3, -0.25) is 4.79 Å². The quantitative estimate of drug-likeness (QED) is 0.613. The van der Waals surface area contributed by atoms with E-state index in [-0.39, 0.29) is 11.8 Å². The first-order valence-electron chi connectivity index (χ1n) is 3.94. The van der Waals surface area contributed by atoms with E-state index in [1.54, 1.807) is 0 Å². The number of carbonyl (C=O) groups is 1. The molecule has 0 radical (unpaired) electrons. The smallest absolute Gasteiger partial charge is 0.134 e. The average molecular weight is 155 g/mol. The van der Waals surface area contributed by atoms with Crippen LogP contribution in [0.1, 0.15) is 33.1 Å². The molecule has 2 heteroatoms. The van der Waals surface area contributed by atoms with Gasteiger partial charge in [0.2, 0.25) is 0 Å². The molecule has 0 fully saturated rings. The average Bonchev–Trinajstić information content (AvgIpc) is 1.82. The van der Waals surface area contributed by atoms with E-state index in [0.29, 0.717) is 12.8 Å². The summed E-state index contributed by atoms with van der Waals surface area (Å²) in [5, 5.41) is 0. The van der Waals surface area contributed by atoms with Crippen molar-refractivity contribution in [2.45, 2.75) is 39.2 Å². The lowest BCUT2D eigenvalue weighted by Crippen LogP contribution is -2.19. The van der Waals surface area contributed by atoms with Crippen LogP contribution in [-0.4, -0.2) is 11.8 Å². The second-order valence-electron chi connectivity index (χ2n) is 3.18. The zero-order valence-electron chi connectivity index (χ0n) is 7.39. The van der Waals surface area contributed by atoms with Crippen molar-refractivity contribution in [2.24, 2.45) is 5.73 Å². The lowest BCUT2D eigenvalue weighted by Gasteiger charge is -2.03. The normalized spacial score (nSPS) is 12.6. The third-order valence-corrected chi connectivity index (χ3v) is 1.38. The highest BCUT2D eigenvalue weighted by atomic mass is 16.1. The third kappa shape index (κ3) is 7.26. The van der Waals surface area contributed by atoms with Gasteiger partial charge >= 0.3 is 0 Å². The first-order chi connectivity index (χ1) is 5.02. The van der Waals surface area contributed by atoms with Crippen LogP contribution >= 0.6 is 0 Å². The Morgan fingerprint density at radius 1 is 1.55 bits per heavy atom. The van der Waals surface area contributed by atoms with E-state index in [1.165, 1.54) is 0 Å². The molecule has 2 N–H and O–H groups in total. The van der Waals surface area contributed by atoms with E-state index in [9.17, 15) is 4.79 Å². The molecule has 0 aliphatic carbocycles. The van der Waals surface area contributed by atoms with Gasteiger partial charge in [0.15, 0.2) is 0 Å². The molecule has 0 aliphatic heterocycles. The van der Waals surface area contributed by atoms with Crippen LogP contribution in [0.5, 0.6) is 0 Å². The van der Waals surface area contributed by atoms with Gasteiger partial charge in [0, 0.05) is 18.9 Å². The summed E-state index contributed by atoms with van der Waals surface area (Å²) in [5.41, 5.74) is 6.51. The van der Waals surface area contributed by atoms with Crippen LogP contribution in [0.25, 0.3) is 0 Å². The van der Waals surface area contributed by atoms with E-state index in [2.05, 4.69) is 6.58 Å². The van der Waals surface area contributed by atoms with Gasteiger partial charge in [-0.05, 0) is 20.3 Å². The van der Waals surface area contributed by atoms with Gasteiger partial charge in [-0.15, -0.1) is 6.58 Å². The van der Waals surface area contributed by atoms with Gasteiger partial charge in [-0.1, -0.05) is 5.57 Å². The first-order valence-corrected chi connectivity index (χ1v) is 3.94. The monoisotopic (exact) mass is 155 g/mol. The van der Waals surface area contributed by atoms with Crippen molar-refractivity contribution in [1.82, 2.24) is 0 Å². The number of ketones is 1. The standard InChI is InChI=1S/C9H17NO/c1-7(2)4-5-9(11)6-8(3)10/h8H,1,4-6,10H2,2-3H3. The number of carbonyl (C=O) groups excluding carboxylic acids is 1. The van der Waals surface area contributed by atoms with Crippen LogP contribution in [0.2, 0.25) is 0 Å². The zero-order chi connectivity index (χ0) is 8.85. The van der Waals surface area contributed by atoms with Crippen molar-refractivity contribution < 1.29 is 4.79 Å². The molecule has 1 unspecified atom stereocenters. The van der Waals surface area contributed by atoms with Gasteiger partial charge in [-0.2, -0.15) is 0 Å². The van der Waals surface area contributed by atoms with Crippen LogP contribution < -0.4 is 5.73 Å². The number of allylic oxidation sites excluding steroid dienone is 1. The second-order valence-corrected chi connectivity index (χ2v) is 3.18. The summed E-state index contributed by atoms with van der Waals surface area (Å²) in [5.74, 6) is 0.239. The Kier molecular flexibility index (Phi) is 4.79. The minimum absolute atomic E-state index is 0.00683. The Balaban J connectivity index is 3.45. The minimum atomic E-state index is -0.00683. The number of nitrogens with two attached hydrogens (primary N) is 1. The van der Waals surface area contributed by atoms with Crippen LogP contribution in [0.4, 0.5) is 0 Å². The zero-order valence-corrected chi connectivity index (χ0v) is 7.39. The summed E-state index contributed by atoms with van der Waals surface area (Å²) in [6, 6.07) is -0.00683. The van der Waals surface area contributed by atoms with Crippen molar-refractivity contribution in [2.75, 3.05) is 0 Å². The lowest BCUT2D eigenvalue weighted by atomic mass is 10.1. The van der Waals surface area contributed by atoms with Gasteiger partial charge in [0.05, 0.1) is 0 Å². The summed E-state index contributed by atoms with van der Waals surface area (Å²) in [7, 11) is 0. The van der Waals surface area contributed by atoms with E-state index < -0.39 is 0 Å². The number of rotatable bonds is 5. The van der Waals surface area contributed by atoms with E-state index in [1.807, 2.05) is 13.8 Å². The maximum absolute atomic E-state index is 11.0. The maximum Gasteiger partial charge on any atom is 0.134 e. The van der Waals surface area contributed by atoms with Gasteiger partial charge in [0.25, 0.3) is 0 Å². The van der Waals surface area contributed by atoms with Crippen LogP contribution in [0.15, 0.2) is 12.2 Å². The highest BCUT2D eigenvalue weighted by Crippen LogP contribution is 2.03. The fourth-order valence-electron chi connectivity index (χ4n) is 0.814. The molecule has 1 atom stereocenters. The topological polar surface area (TPSA) is 43.1 Å². The molecular weight excluding hydrogens is 138 g/mol. The molecule has 0 saturated carbocycles. The third-order valence-electron chi connectivity index (χ3n) is 1.38. The van der Waals surface area contributed by atoms with Crippen molar-refractivity contribution in [1.29, 1.82) is 0 Å². The van der Waals surface area contributed by atoms with Gasteiger partial charge < -0.3 is 5.73 Å². The summed E-state index contributed by atoms with van der Waals surface area (Å²) in [6.07, 6.45) is 1.88. The predicted molar refractivity (Wildman–Crippen MR) is 47.3 cm³/mol. The molecule has 0 bridgehead atoms.